The minimum absolute atomic E-state index is 0.00304. The minimum Gasteiger partial charge on any atom is -0.326 e. The van der Waals surface area contributed by atoms with Crippen LogP contribution in [-0.2, 0) is 16.0 Å². The number of carbonyl (C=O) groups excluding carboxylic acids is 2. The number of likely N-dealkylation sites (tertiary alicyclic amines) is 1. The largest absolute Gasteiger partial charge is 0.326 e. The molecule has 0 radical (unpaired) electrons. The van der Waals surface area contributed by atoms with E-state index in [1.165, 1.54) is 5.56 Å². The van der Waals surface area contributed by atoms with Gasteiger partial charge in [0.15, 0.2) is 0 Å². The lowest BCUT2D eigenvalue weighted by molar-refractivity contribution is -0.119. The lowest BCUT2D eigenvalue weighted by Gasteiger charge is -2.38. The number of para-hydroxylation sites is 1. The standard InChI is InChI=1S/C25H33N3O2S/c1-2-25(30)28(22-6-4-3-5-7-22)23-13-17-27(18-14-23)16-12-20-8-10-21(11-9-20)26-24(29)15-19-31/h3-11,23,31H,2,12-19H2,1H3,(H,26,29). The summed E-state index contributed by atoms with van der Waals surface area (Å²) in [5.41, 5.74) is 3.11. The van der Waals surface area contributed by atoms with E-state index in [1.807, 2.05) is 54.3 Å². The molecular formula is C25H33N3O2S. The number of amides is 2. The Morgan fingerprint density at radius 2 is 1.74 bits per heavy atom. The highest BCUT2D eigenvalue weighted by Crippen LogP contribution is 2.24. The third kappa shape index (κ3) is 6.84. The summed E-state index contributed by atoms with van der Waals surface area (Å²) in [5, 5.41) is 2.89. The van der Waals surface area contributed by atoms with E-state index in [1.54, 1.807) is 0 Å². The molecule has 0 atom stereocenters. The number of piperidine rings is 1. The van der Waals surface area contributed by atoms with Gasteiger partial charge < -0.3 is 15.1 Å². The highest BCUT2D eigenvalue weighted by atomic mass is 32.1. The van der Waals surface area contributed by atoms with E-state index in [0.717, 1.165) is 50.3 Å². The monoisotopic (exact) mass is 439 g/mol. The molecule has 6 heteroatoms. The van der Waals surface area contributed by atoms with Gasteiger partial charge in [0.25, 0.3) is 0 Å². The van der Waals surface area contributed by atoms with E-state index in [9.17, 15) is 9.59 Å². The van der Waals surface area contributed by atoms with Crippen molar-refractivity contribution in [1.29, 1.82) is 0 Å². The number of thiol groups is 1. The SMILES string of the molecule is CCC(=O)N(c1ccccc1)C1CCN(CCc2ccc(NC(=O)CCS)cc2)CC1. The molecule has 1 aliphatic rings. The van der Waals surface area contributed by atoms with E-state index >= 15 is 0 Å². The van der Waals surface area contributed by atoms with Crippen molar-refractivity contribution in [3.8, 4) is 0 Å². The van der Waals surface area contributed by atoms with Crippen LogP contribution in [0.4, 0.5) is 11.4 Å². The van der Waals surface area contributed by atoms with Crippen molar-refractivity contribution in [2.45, 2.75) is 45.1 Å². The first kappa shape index (κ1) is 23.4. The van der Waals surface area contributed by atoms with Crippen LogP contribution in [-0.4, -0.2) is 48.1 Å². The number of rotatable bonds is 9. The Kier molecular flexibility index (Phi) is 8.98. The van der Waals surface area contributed by atoms with Crippen molar-refractivity contribution in [2.75, 3.05) is 35.6 Å². The zero-order valence-electron chi connectivity index (χ0n) is 18.3. The quantitative estimate of drug-likeness (QED) is 0.570. The maximum atomic E-state index is 12.6. The van der Waals surface area contributed by atoms with Crippen molar-refractivity contribution >= 4 is 35.8 Å². The normalized spacial score (nSPS) is 14.9. The summed E-state index contributed by atoms with van der Waals surface area (Å²) in [6.45, 7) is 4.95. The molecule has 3 rings (SSSR count). The molecule has 0 bridgehead atoms. The molecule has 0 unspecified atom stereocenters. The Bertz CT molecular complexity index is 834. The first-order chi connectivity index (χ1) is 15.1. The summed E-state index contributed by atoms with van der Waals surface area (Å²) in [6.07, 6.45) is 3.92. The number of hydrogen-bond donors (Lipinski definition) is 2. The Hall–Kier alpha value is -2.31. The van der Waals surface area contributed by atoms with Gasteiger partial charge in [0.2, 0.25) is 11.8 Å². The first-order valence-electron chi connectivity index (χ1n) is 11.2. The van der Waals surface area contributed by atoms with Crippen molar-refractivity contribution < 1.29 is 9.59 Å². The maximum absolute atomic E-state index is 12.6. The smallest absolute Gasteiger partial charge is 0.226 e. The van der Waals surface area contributed by atoms with Crippen molar-refractivity contribution in [1.82, 2.24) is 4.90 Å². The highest BCUT2D eigenvalue weighted by molar-refractivity contribution is 7.80. The van der Waals surface area contributed by atoms with Crippen LogP contribution in [0, 0.1) is 0 Å². The van der Waals surface area contributed by atoms with Crippen LogP contribution in [0.5, 0.6) is 0 Å². The summed E-state index contributed by atoms with van der Waals surface area (Å²) < 4.78 is 0. The average Bonchev–Trinajstić information content (AvgIpc) is 2.80. The predicted molar refractivity (Wildman–Crippen MR) is 131 cm³/mol. The van der Waals surface area contributed by atoms with E-state index < -0.39 is 0 Å². The lowest BCUT2D eigenvalue weighted by atomic mass is 10.0. The summed E-state index contributed by atoms with van der Waals surface area (Å²) in [6, 6.07) is 18.4. The maximum Gasteiger partial charge on any atom is 0.226 e. The number of anilines is 2. The van der Waals surface area contributed by atoms with Gasteiger partial charge in [-0.15, -0.1) is 0 Å². The van der Waals surface area contributed by atoms with Gasteiger partial charge in [-0.2, -0.15) is 12.6 Å². The molecule has 0 aromatic heterocycles. The van der Waals surface area contributed by atoms with Gasteiger partial charge in [0, 0.05) is 49.9 Å². The third-order valence-electron chi connectivity index (χ3n) is 5.82. The molecule has 31 heavy (non-hydrogen) atoms. The molecule has 1 heterocycles. The molecule has 0 spiro atoms. The zero-order chi connectivity index (χ0) is 22.1. The average molecular weight is 440 g/mol. The molecule has 1 fully saturated rings. The van der Waals surface area contributed by atoms with Crippen molar-refractivity contribution in [2.24, 2.45) is 0 Å². The second-order valence-corrected chi connectivity index (χ2v) is 8.44. The molecule has 2 aromatic rings. The Labute approximate surface area is 191 Å². The summed E-state index contributed by atoms with van der Waals surface area (Å²) in [5.74, 6) is 0.749. The van der Waals surface area contributed by atoms with Gasteiger partial charge in [-0.05, 0) is 54.8 Å². The Morgan fingerprint density at radius 1 is 1.06 bits per heavy atom. The van der Waals surface area contributed by atoms with Gasteiger partial charge >= 0.3 is 0 Å². The van der Waals surface area contributed by atoms with Gasteiger partial charge in [0.05, 0.1) is 0 Å². The Morgan fingerprint density at radius 3 is 2.35 bits per heavy atom. The van der Waals surface area contributed by atoms with Gasteiger partial charge in [-0.25, -0.2) is 0 Å². The molecule has 0 saturated carbocycles. The van der Waals surface area contributed by atoms with Crippen LogP contribution in [0.2, 0.25) is 0 Å². The van der Waals surface area contributed by atoms with Crippen LogP contribution in [0.1, 0.15) is 38.2 Å². The molecule has 1 N–H and O–H groups in total. The molecule has 166 valence electrons. The summed E-state index contributed by atoms with van der Waals surface area (Å²) in [4.78, 5) is 28.8. The highest BCUT2D eigenvalue weighted by Gasteiger charge is 2.28. The predicted octanol–water partition coefficient (Wildman–Crippen LogP) is 4.40. The number of nitrogens with zero attached hydrogens (tertiary/aromatic N) is 2. The number of benzene rings is 2. The fourth-order valence-electron chi connectivity index (χ4n) is 4.09. The van der Waals surface area contributed by atoms with Crippen LogP contribution < -0.4 is 10.2 Å². The topological polar surface area (TPSA) is 52.7 Å². The number of nitrogens with one attached hydrogen (secondary N) is 1. The van der Waals surface area contributed by atoms with Crippen LogP contribution in [0.15, 0.2) is 54.6 Å². The molecule has 2 amide bonds. The molecule has 0 aliphatic carbocycles. The third-order valence-corrected chi connectivity index (χ3v) is 6.04. The fraction of sp³-hybridized carbons (Fsp3) is 0.440. The molecule has 5 nitrogen and oxygen atoms in total. The molecule has 2 aromatic carbocycles. The van der Waals surface area contributed by atoms with Crippen LogP contribution in [0.3, 0.4) is 0 Å². The van der Waals surface area contributed by atoms with E-state index in [-0.39, 0.29) is 17.9 Å². The molecule has 1 saturated heterocycles. The number of hydrogen-bond acceptors (Lipinski definition) is 4. The summed E-state index contributed by atoms with van der Waals surface area (Å²) >= 11 is 4.09. The van der Waals surface area contributed by atoms with E-state index in [2.05, 4.69) is 35.0 Å². The van der Waals surface area contributed by atoms with Crippen molar-refractivity contribution in [3.05, 3.63) is 60.2 Å². The van der Waals surface area contributed by atoms with Gasteiger partial charge in [-0.3, -0.25) is 9.59 Å². The fourth-order valence-corrected chi connectivity index (χ4v) is 4.29. The minimum atomic E-state index is -0.00304. The van der Waals surface area contributed by atoms with Crippen molar-refractivity contribution in [3.63, 3.8) is 0 Å². The van der Waals surface area contributed by atoms with E-state index in [0.29, 0.717) is 18.6 Å². The summed E-state index contributed by atoms with van der Waals surface area (Å²) in [7, 11) is 0. The zero-order valence-corrected chi connectivity index (χ0v) is 19.2. The second kappa shape index (κ2) is 11.9. The first-order valence-corrected chi connectivity index (χ1v) is 11.8. The lowest BCUT2D eigenvalue weighted by Crippen LogP contribution is -2.47. The van der Waals surface area contributed by atoms with Gasteiger partial charge in [-0.1, -0.05) is 37.3 Å². The number of carbonyl (C=O) groups is 2. The molecular weight excluding hydrogens is 406 g/mol. The van der Waals surface area contributed by atoms with Gasteiger partial charge in [0.1, 0.15) is 0 Å². The Balaban J connectivity index is 1.48. The molecule has 1 aliphatic heterocycles. The van der Waals surface area contributed by atoms with Crippen LogP contribution in [0.25, 0.3) is 0 Å². The second-order valence-electron chi connectivity index (χ2n) is 7.99. The van der Waals surface area contributed by atoms with Crippen LogP contribution >= 0.6 is 12.6 Å². The van der Waals surface area contributed by atoms with E-state index in [4.69, 9.17) is 0 Å².